The van der Waals surface area contributed by atoms with E-state index in [2.05, 4.69) is 4.90 Å². The Morgan fingerprint density at radius 1 is 1.30 bits per heavy atom. The van der Waals surface area contributed by atoms with E-state index in [1.54, 1.807) is 0 Å². The van der Waals surface area contributed by atoms with Gasteiger partial charge in [0, 0.05) is 18.8 Å². The third-order valence-electron chi connectivity index (χ3n) is 4.66. The van der Waals surface area contributed by atoms with Gasteiger partial charge in [0.05, 0.1) is 11.5 Å². The van der Waals surface area contributed by atoms with Crippen LogP contribution in [-0.4, -0.2) is 34.9 Å². The lowest BCUT2D eigenvalue weighted by Crippen LogP contribution is -2.44. The van der Waals surface area contributed by atoms with Crippen LogP contribution in [0.3, 0.4) is 0 Å². The lowest BCUT2D eigenvalue weighted by molar-refractivity contribution is -0.139. The molecular formula is C16H21NO3. The summed E-state index contributed by atoms with van der Waals surface area (Å²) in [5.74, 6) is -1.17. The molecule has 0 bridgehead atoms. The first kappa shape index (κ1) is 13.4. The van der Waals surface area contributed by atoms with Gasteiger partial charge in [0.1, 0.15) is 0 Å². The minimum absolute atomic E-state index is 0.416. The standard InChI is InChI=1S/C16H21NO3/c18-15(19)13-7-10-17(11-16(20)8-3-4-9-16)14-6-2-1-5-12(13)14/h1-2,5-6,13,20H,3-4,7-11H2,(H,18,19). The molecule has 1 heterocycles. The molecule has 0 radical (unpaired) electrons. The van der Waals surface area contributed by atoms with Crippen LogP contribution in [0.25, 0.3) is 0 Å². The third kappa shape index (κ3) is 2.40. The number of rotatable bonds is 3. The van der Waals surface area contributed by atoms with E-state index >= 15 is 0 Å². The molecule has 0 aromatic heterocycles. The van der Waals surface area contributed by atoms with Gasteiger partial charge in [-0.3, -0.25) is 4.79 Å². The first-order chi connectivity index (χ1) is 9.59. The highest BCUT2D eigenvalue weighted by Crippen LogP contribution is 2.38. The molecule has 0 amide bonds. The molecule has 108 valence electrons. The van der Waals surface area contributed by atoms with Crippen molar-refractivity contribution in [1.82, 2.24) is 0 Å². The average Bonchev–Trinajstić information content (AvgIpc) is 2.85. The zero-order valence-electron chi connectivity index (χ0n) is 11.6. The average molecular weight is 275 g/mol. The van der Waals surface area contributed by atoms with Crippen molar-refractivity contribution >= 4 is 11.7 Å². The summed E-state index contributed by atoms with van der Waals surface area (Å²) in [5, 5.41) is 19.9. The maximum Gasteiger partial charge on any atom is 0.311 e. The SMILES string of the molecule is O=C(O)C1CCN(CC2(O)CCCC2)c2ccccc21. The number of carboxylic acids is 1. The van der Waals surface area contributed by atoms with Crippen LogP contribution in [0.15, 0.2) is 24.3 Å². The zero-order valence-corrected chi connectivity index (χ0v) is 11.6. The van der Waals surface area contributed by atoms with Crippen molar-refractivity contribution in [3.63, 3.8) is 0 Å². The molecular weight excluding hydrogens is 254 g/mol. The maximum absolute atomic E-state index is 11.4. The number of fused-ring (bicyclic) bond motifs is 1. The third-order valence-corrected chi connectivity index (χ3v) is 4.66. The Balaban J connectivity index is 1.87. The van der Waals surface area contributed by atoms with Gasteiger partial charge in [-0.15, -0.1) is 0 Å². The molecule has 1 saturated carbocycles. The van der Waals surface area contributed by atoms with Gasteiger partial charge < -0.3 is 15.1 Å². The molecule has 1 aliphatic heterocycles. The molecule has 0 saturated heterocycles. The second-order valence-corrected chi connectivity index (χ2v) is 6.09. The number of carboxylic acid groups (broad SMARTS) is 1. The number of anilines is 1. The lowest BCUT2D eigenvalue weighted by atomic mass is 9.89. The molecule has 1 aromatic rings. The van der Waals surface area contributed by atoms with Crippen molar-refractivity contribution in [2.45, 2.75) is 43.6 Å². The molecule has 2 aliphatic rings. The number of carbonyl (C=O) groups is 1. The topological polar surface area (TPSA) is 60.8 Å². The normalized spacial score (nSPS) is 24.4. The second-order valence-electron chi connectivity index (χ2n) is 6.09. The van der Waals surface area contributed by atoms with E-state index < -0.39 is 17.5 Å². The van der Waals surface area contributed by atoms with Gasteiger partial charge in [0.2, 0.25) is 0 Å². The first-order valence-corrected chi connectivity index (χ1v) is 7.38. The van der Waals surface area contributed by atoms with E-state index in [0.29, 0.717) is 19.5 Å². The van der Waals surface area contributed by atoms with Gasteiger partial charge in [-0.1, -0.05) is 31.0 Å². The number of hydrogen-bond acceptors (Lipinski definition) is 3. The smallest absolute Gasteiger partial charge is 0.311 e. The van der Waals surface area contributed by atoms with Crippen LogP contribution in [0, 0.1) is 0 Å². The summed E-state index contributed by atoms with van der Waals surface area (Å²) >= 11 is 0. The van der Waals surface area contributed by atoms with E-state index in [-0.39, 0.29) is 0 Å². The van der Waals surface area contributed by atoms with Crippen LogP contribution in [0.1, 0.15) is 43.6 Å². The van der Waals surface area contributed by atoms with E-state index in [0.717, 1.165) is 36.9 Å². The predicted molar refractivity (Wildman–Crippen MR) is 77.1 cm³/mol. The molecule has 3 rings (SSSR count). The van der Waals surface area contributed by atoms with Gasteiger partial charge in [-0.25, -0.2) is 0 Å². The molecule has 1 aromatic carbocycles. The Kier molecular flexibility index (Phi) is 3.42. The Morgan fingerprint density at radius 3 is 2.70 bits per heavy atom. The van der Waals surface area contributed by atoms with Gasteiger partial charge >= 0.3 is 5.97 Å². The van der Waals surface area contributed by atoms with Gasteiger partial charge in [0.25, 0.3) is 0 Å². The molecule has 4 heteroatoms. The lowest BCUT2D eigenvalue weighted by Gasteiger charge is -2.38. The molecule has 1 fully saturated rings. The Hall–Kier alpha value is -1.55. The maximum atomic E-state index is 11.4. The minimum atomic E-state index is -0.753. The highest BCUT2D eigenvalue weighted by molar-refractivity contribution is 5.80. The highest BCUT2D eigenvalue weighted by atomic mass is 16.4. The van der Waals surface area contributed by atoms with E-state index in [1.165, 1.54) is 0 Å². The summed E-state index contributed by atoms with van der Waals surface area (Å²) in [6.45, 7) is 1.33. The van der Waals surface area contributed by atoms with Gasteiger partial charge in [-0.05, 0) is 30.9 Å². The molecule has 1 atom stereocenters. The Morgan fingerprint density at radius 2 is 2.00 bits per heavy atom. The van der Waals surface area contributed by atoms with Crippen molar-refractivity contribution in [3.8, 4) is 0 Å². The van der Waals surface area contributed by atoms with Gasteiger partial charge in [-0.2, -0.15) is 0 Å². The number of hydrogen-bond donors (Lipinski definition) is 2. The van der Waals surface area contributed by atoms with E-state index in [4.69, 9.17) is 0 Å². The summed E-state index contributed by atoms with van der Waals surface area (Å²) in [4.78, 5) is 13.5. The van der Waals surface area contributed by atoms with E-state index in [1.807, 2.05) is 24.3 Å². The summed E-state index contributed by atoms with van der Waals surface area (Å²) in [6, 6.07) is 7.71. The summed E-state index contributed by atoms with van der Waals surface area (Å²) in [5.41, 5.74) is 1.27. The van der Waals surface area contributed by atoms with Crippen LogP contribution in [0.2, 0.25) is 0 Å². The number of nitrogens with zero attached hydrogens (tertiary/aromatic N) is 1. The fourth-order valence-corrected chi connectivity index (χ4v) is 3.60. The van der Waals surface area contributed by atoms with Crippen molar-refractivity contribution in [3.05, 3.63) is 29.8 Å². The largest absolute Gasteiger partial charge is 0.481 e. The second kappa shape index (κ2) is 5.09. The molecule has 2 N–H and O–H groups in total. The van der Waals surface area contributed by atoms with E-state index in [9.17, 15) is 15.0 Å². The van der Waals surface area contributed by atoms with Crippen LogP contribution < -0.4 is 4.90 Å². The number of benzene rings is 1. The Labute approximate surface area is 119 Å². The van der Waals surface area contributed by atoms with Crippen molar-refractivity contribution in [2.75, 3.05) is 18.0 Å². The molecule has 0 spiro atoms. The molecule has 4 nitrogen and oxygen atoms in total. The number of β-amino-alcohol motifs (C(OH)–C–C–N with tert-alkyl or cyclic N) is 1. The van der Waals surface area contributed by atoms with Gasteiger partial charge in [0.15, 0.2) is 0 Å². The quantitative estimate of drug-likeness (QED) is 0.889. The first-order valence-electron chi connectivity index (χ1n) is 7.38. The minimum Gasteiger partial charge on any atom is -0.481 e. The monoisotopic (exact) mass is 275 g/mol. The van der Waals surface area contributed by atoms with Crippen LogP contribution >= 0.6 is 0 Å². The van der Waals surface area contributed by atoms with Crippen molar-refractivity contribution in [1.29, 1.82) is 0 Å². The van der Waals surface area contributed by atoms with Crippen LogP contribution in [-0.2, 0) is 4.79 Å². The highest BCUT2D eigenvalue weighted by Gasteiger charge is 2.36. The number of para-hydroxylation sites is 1. The summed E-state index contributed by atoms with van der Waals surface area (Å²) in [7, 11) is 0. The fourth-order valence-electron chi connectivity index (χ4n) is 3.60. The fraction of sp³-hybridized carbons (Fsp3) is 0.562. The number of aliphatic hydroxyl groups is 1. The molecule has 1 unspecified atom stereocenters. The summed E-state index contributed by atoms with van der Waals surface area (Å²) in [6.07, 6.45) is 4.50. The summed E-state index contributed by atoms with van der Waals surface area (Å²) < 4.78 is 0. The zero-order chi connectivity index (χ0) is 14.2. The van der Waals surface area contributed by atoms with Crippen molar-refractivity contribution in [2.24, 2.45) is 0 Å². The molecule has 1 aliphatic carbocycles. The Bertz CT molecular complexity index is 508. The molecule has 20 heavy (non-hydrogen) atoms. The predicted octanol–water partition coefficient (Wildman–Crippen LogP) is 2.37. The van der Waals surface area contributed by atoms with Crippen LogP contribution in [0.5, 0.6) is 0 Å². The van der Waals surface area contributed by atoms with Crippen LogP contribution in [0.4, 0.5) is 5.69 Å². The van der Waals surface area contributed by atoms with Crippen molar-refractivity contribution < 1.29 is 15.0 Å². The number of aliphatic carboxylic acids is 1.